The Hall–Kier alpha value is -1.20. The number of hydrogen-bond acceptors (Lipinski definition) is 3. The van der Waals surface area contributed by atoms with Crippen molar-refractivity contribution in [2.45, 2.75) is 19.1 Å². The number of hydrogen-bond donors (Lipinski definition) is 2. The van der Waals surface area contributed by atoms with E-state index in [-0.39, 0.29) is 11.9 Å². The Morgan fingerprint density at radius 1 is 1.24 bits per heavy atom. The maximum atomic E-state index is 12.8. The van der Waals surface area contributed by atoms with Crippen molar-refractivity contribution < 1.29 is 9.50 Å². The van der Waals surface area contributed by atoms with Crippen LogP contribution in [0, 0.1) is 5.82 Å². The van der Waals surface area contributed by atoms with Crippen molar-refractivity contribution in [1.82, 2.24) is 10.3 Å². The predicted octanol–water partition coefficient (Wildman–Crippen LogP) is 3.91. The van der Waals surface area contributed by atoms with Gasteiger partial charge < -0.3 is 10.4 Å². The topological polar surface area (TPSA) is 45.1 Å². The quantitative estimate of drug-likeness (QED) is 0.874. The van der Waals surface area contributed by atoms with E-state index in [1.807, 2.05) is 6.92 Å². The molecule has 1 aromatic heterocycles. The molecule has 0 bridgehead atoms. The number of aromatic nitrogens is 1. The van der Waals surface area contributed by atoms with Crippen LogP contribution in [-0.2, 0) is 0 Å². The first kappa shape index (κ1) is 16.2. The zero-order valence-electron chi connectivity index (χ0n) is 11.4. The molecule has 21 heavy (non-hydrogen) atoms. The molecule has 1 aromatic carbocycles. The summed E-state index contributed by atoms with van der Waals surface area (Å²) in [6, 6.07) is 7.79. The third-order valence-corrected chi connectivity index (χ3v) is 3.52. The van der Waals surface area contributed by atoms with Gasteiger partial charge in [-0.15, -0.1) is 0 Å². The average Bonchev–Trinajstić information content (AvgIpc) is 2.44. The molecule has 0 amide bonds. The highest BCUT2D eigenvalue weighted by molar-refractivity contribution is 6.34. The molecular formula is C15H15Cl2FN2O. The highest BCUT2D eigenvalue weighted by atomic mass is 35.5. The molecule has 3 nitrogen and oxygen atoms in total. The Morgan fingerprint density at radius 3 is 2.48 bits per heavy atom. The van der Waals surface area contributed by atoms with Crippen LogP contribution in [0.4, 0.5) is 4.39 Å². The zero-order chi connectivity index (χ0) is 15.4. The van der Waals surface area contributed by atoms with Gasteiger partial charge in [-0.25, -0.2) is 4.39 Å². The molecule has 0 fully saturated rings. The minimum atomic E-state index is -0.746. The van der Waals surface area contributed by atoms with Crippen molar-refractivity contribution in [3.63, 3.8) is 0 Å². The predicted molar refractivity (Wildman–Crippen MR) is 82.0 cm³/mol. The second kappa shape index (κ2) is 7.18. The van der Waals surface area contributed by atoms with Crippen LogP contribution in [0.3, 0.4) is 0 Å². The molecule has 0 saturated heterocycles. The minimum Gasteiger partial charge on any atom is -0.387 e. The van der Waals surface area contributed by atoms with Gasteiger partial charge in [-0.3, -0.25) is 4.98 Å². The van der Waals surface area contributed by atoms with Gasteiger partial charge >= 0.3 is 0 Å². The molecule has 2 atom stereocenters. The van der Waals surface area contributed by atoms with Gasteiger partial charge in [0, 0.05) is 22.6 Å². The van der Waals surface area contributed by atoms with Crippen LogP contribution < -0.4 is 5.32 Å². The van der Waals surface area contributed by atoms with Crippen LogP contribution in [0.5, 0.6) is 0 Å². The summed E-state index contributed by atoms with van der Waals surface area (Å²) in [6.45, 7) is 2.19. The van der Waals surface area contributed by atoms with Crippen LogP contribution in [0.1, 0.15) is 30.3 Å². The first-order valence-corrected chi connectivity index (χ1v) is 7.20. The summed E-state index contributed by atoms with van der Waals surface area (Å²) in [5, 5.41) is 14.2. The second-order valence-corrected chi connectivity index (χ2v) is 5.62. The smallest absolute Gasteiger partial charge is 0.141 e. The number of rotatable bonds is 5. The van der Waals surface area contributed by atoms with Crippen molar-refractivity contribution in [1.29, 1.82) is 0 Å². The van der Waals surface area contributed by atoms with Crippen molar-refractivity contribution in [3.8, 4) is 0 Å². The molecule has 0 aliphatic carbocycles. The number of aliphatic hydroxyl groups excluding tert-OH is 1. The summed E-state index contributed by atoms with van der Waals surface area (Å²) in [4.78, 5) is 4.00. The standard InChI is InChI=1S/C15H15Cl2FN2O/c1-9(14-3-2-13(18)7-20-14)19-8-15(21)10-4-11(16)6-12(17)5-10/h2-7,9,15,19,21H,8H2,1H3. The largest absolute Gasteiger partial charge is 0.387 e. The molecule has 0 saturated carbocycles. The van der Waals surface area contributed by atoms with E-state index >= 15 is 0 Å². The van der Waals surface area contributed by atoms with E-state index in [2.05, 4.69) is 10.3 Å². The summed E-state index contributed by atoms with van der Waals surface area (Å²) in [6.07, 6.45) is 0.421. The van der Waals surface area contributed by atoms with Gasteiger partial charge in [-0.1, -0.05) is 23.2 Å². The van der Waals surface area contributed by atoms with Gasteiger partial charge in [0.05, 0.1) is 18.0 Å². The number of pyridine rings is 1. The number of halogens is 3. The highest BCUT2D eigenvalue weighted by Gasteiger charge is 2.12. The van der Waals surface area contributed by atoms with E-state index in [1.54, 1.807) is 24.3 Å². The Morgan fingerprint density at radius 2 is 1.90 bits per heavy atom. The van der Waals surface area contributed by atoms with Crippen LogP contribution in [0.25, 0.3) is 0 Å². The van der Waals surface area contributed by atoms with E-state index in [0.29, 0.717) is 27.8 Å². The zero-order valence-corrected chi connectivity index (χ0v) is 12.9. The normalized spacial score (nSPS) is 14.0. The summed E-state index contributed by atoms with van der Waals surface area (Å²) in [7, 11) is 0. The van der Waals surface area contributed by atoms with Gasteiger partial charge in [0.15, 0.2) is 0 Å². The third-order valence-electron chi connectivity index (χ3n) is 3.08. The maximum absolute atomic E-state index is 12.8. The number of nitrogens with zero attached hydrogens (tertiary/aromatic N) is 1. The lowest BCUT2D eigenvalue weighted by atomic mass is 10.1. The van der Waals surface area contributed by atoms with Crippen molar-refractivity contribution >= 4 is 23.2 Å². The van der Waals surface area contributed by atoms with Crippen molar-refractivity contribution in [3.05, 3.63) is 63.6 Å². The SMILES string of the molecule is CC(NCC(O)c1cc(Cl)cc(Cl)c1)c1ccc(F)cn1. The van der Waals surface area contributed by atoms with E-state index in [0.717, 1.165) is 0 Å². The van der Waals surface area contributed by atoms with Gasteiger partial charge in [0.25, 0.3) is 0 Å². The lowest BCUT2D eigenvalue weighted by Gasteiger charge is -2.17. The molecule has 1 heterocycles. The van der Waals surface area contributed by atoms with Gasteiger partial charge in [0.2, 0.25) is 0 Å². The maximum Gasteiger partial charge on any atom is 0.141 e. The van der Waals surface area contributed by atoms with Crippen molar-refractivity contribution in [2.75, 3.05) is 6.54 Å². The van der Waals surface area contributed by atoms with Gasteiger partial charge in [-0.2, -0.15) is 0 Å². The Bertz CT molecular complexity index is 587. The lowest BCUT2D eigenvalue weighted by molar-refractivity contribution is 0.170. The highest BCUT2D eigenvalue weighted by Crippen LogP contribution is 2.23. The summed E-state index contributed by atoms with van der Waals surface area (Å²) in [5.41, 5.74) is 1.34. The van der Waals surface area contributed by atoms with E-state index < -0.39 is 6.10 Å². The van der Waals surface area contributed by atoms with E-state index in [1.165, 1.54) is 12.3 Å². The molecule has 0 aliphatic heterocycles. The summed E-state index contributed by atoms with van der Waals surface area (Å²) >= 11 is 11.8. The summed E-state index contributed by atoms with van der Waals surface area (Å²) in [5.74, 6) is -0.375. The number of nitrogens with one attached hydrogen (secondary N) is 1. The number of aliphatic hydroxyl groups is 1. The molecule has 112 valence electrons. The molecule has 2 rings (SSSR count). The number of benzene rings is 1. The Kier molecular flexibility index (Phi) is 5.53. The second-order valence-electron chi connectivity index (χ2n) is 4.75. The molecular weight excluding hydrogens is 314 g/mol. The first-order valence-electron chi connectivity index (χ1n) is 6.44. The fourth-order valence-electron chi connectivity index (χ4n) is 1.92. The van der Waals surface area contributed by atoms with Gasteiger partial charge in [-0.05, 0) is 42.8 Å². The van der Waals surface area contributed by atoms with E-state index in [4.69, 9.17) is 23.2 Å². The molecule has 0 spiro atoms. The van der Waals surface area contributed by atoms with Crippen LogP contribution in [0.2, 0.25) is 10.0 Å². The van der Waals surface area contributed by atoms with Crippen molar-refractivity contribution in [2.24, 2.45) is 0 Å². The Labute approximate surface area is 132 Å². The fraction of sp³-hybridized carbons (Fsp3) is 0.267. The summed E-state index contributed by atoms with van der Waals surface area (Å²) < 4.78 is 12.8. The third kappa shape index (κ3) is 4.64. The average molecular weight is 329 g/mol. The molecule has 0 radical (unpaired) electrons. The molecule has 6 heteroatoms. The first-order chi connectivity index (χ1) is 9.95. The lowest BCUT2D eigenvalue weighted by Crippen LogP contribution is -2.25. The van der Waals surface area contributed by atoms with Crippen LogP contribution >= 0.6 is 23.2 Å². The Balaban J connectivity index is 1.97. The minimum absolute atomic E-state index is 0.116. The molecule has 2 unspecified atom stereocenters. The molecule has 0 aliphatic rings. The van der Waals surface area contributed by atoms with Crippen LogP contribution in [0.15, 0.2) is 36.5 Å². The molecule has 2 aromatic rings. The molecule has 2 N–H and O–H groups in total. The van der Waals surface area contributed by atoms with E-state index in [9.17, 15) is 9.50 Å². The van der Waals surface area contributed by atoms with Gasteiger partial charge in [0.1, 0.15) is 5.82 Å². The monoisotopic (exact) mass is 328 g/mol. The van der Waals surface area contributed by atoms with Crippen LogP contribution in [-0.4, -0.2) is 16.6 Å². The fourth-order valence-corrected chi connectivity index (χ4v) is 2.46.